The number of hydrogen-bond donors (Lipinski definition) is 0. The van der Waals surface area contributed by atoms with Crippen molar-refractivity contribution < 1.29 is 14.3 Å². The molecule has 0 amide bonds. The predicted molar refractivity (Wildman–Crippen MR) is 76.1 cm³/mol. The minimum atomic E-state index is -0.798. The van der Waals surface area contributed by atoms with Gasteiger partial charge in [0.1, 0.15) is 22.6 Å². The lowest BCUT2D eigenvalue weighted by Crippen LogP contribution is -2.15. The van der Waals surface area contributed by atoms with E-state index in [1.807, 2.05) is 30.3 Å². The summed E-state index contributed by atoms with van der Waals surface area (Å²) in [6.07, 6.45) is 0.566. The first kappa shape index (κ1) is 13.5. The number of hydrogen-bond acceptors (Lipinski definition) is 3. The van der Waals surface area contributed by atoms with Crippen molar-refractivity contribution >= 4 is 28.0 Å². The minimum absolute atomic E-state index is 0.263. The van der Waals surface area contributed by atoms with Gasteiger partial charge in [-0.1, -0.05) is 34.1 Å². The van der Waals surface area contributed by atoms with E-state index in [2.05, 4.69) is 15.9 Å². The highest BCUT2D eigenvalue weighted by molar-refractivity contribution is 9.10. The summed E-state index contributed by atoms with van der Waals surface area (Å²) in [7, 11) is 0. The van der Waals surface area contributed by atoms with E-state index < -0.39 is 4.83 Å². The summed E-state index contributed by atoms with van der Waals surface area (Å²) in [6, 6.07) is 16.0. The Balaban J connectivity index is 2.11. The van der Waals surface area contributed by atoms with Gasteiger partial charge in [-0.2, -0.15) is 0 Å². The normalized spacial score (nSPS) is 11.6. The molecule has 0 aromatic heterocycles. The van der Waals surface area contributed by atoms with Gasteiger partial charge in [-0.25, -0.2) is 0 Å². The van der Waals surface area contributed by atoms with Crippen LogP contribution in [0.25, 0.3) is 0 Å². The number of alkyl halides is 1. The highest BCUT2D eigenvalue weighted by atomic mass is 79.9. The van der Waals surface area contributed by atoms with Crippen LogP contribution in [0.3, 0.4) is 0 Å². The van der Waals surface area contributed by atoms with Crippen molar-refractivity contribution in [1.29, 1.82) is 0 Å². The summed E-state index contributed by atoms with van der Waals surface area (Å²) in [6.45, 7) is 0. The molecule has 0 heterocycles. The van der Waals surface area contributed by atoms with Crippen molar-refractivity contribution in [3.05, 3.63) is 60.2 Å². The Hall–Kier alpha value is -1.94. The monoisotopic (exact) mass is 318 g/mol. The van der Waals surface area contributed by atoms with Crippen molar-refractivity contribution in [1.82, 2.24) is 0 Å². The van der Waals surface area contributed by atoms with E-state index in [4.69, 9.17) is 4.74 Å². The third-order valence-electron chi connectivity index (χ3n) is 2.49. The third kappa shape index (κ3) is 3.51. The first-order chi connectivity index (χ1) is 9.20. The van der Waals surface area contributed by atoms with E-state index in [1.54, 1.807) is 24.3 Å². The van der Waals surface area contributed by atoms with Crippen molar-refractivity contribution in [3.63, 3.8) is 0 Å². The van der Waals surface area contributed by atoms with Crippen LogP contribution in [-0.2, 0) is 4.79 Å². The predicted octanol–water partition coefficient (Wildman–Crippen LogP) is 3.62. The molecule has 2 rings (SSSR count). The van der Waals surface area contributed by atoms with Crippen LogP contribution in [0.15, 0.2) is 54.6 Å². The van der Waals surface area contributed by atoms with Gasteiger partial charge >= 0.3 is 0 Å². The topological polar surface area (TPSA) is 43.4 Å². The Kier molecular flexibility index (Phi) is 4.47. The van der Waals surface area contributed by atoms with Crippen LogP contribution in [0, 0.1) is 0 Å². The molecule has 0 aliphatic carbocycles. The molecule has 0 N–H and O–H groups in total. The standard InChI is InChI=1S/C15H11BrO3/c16-14(10-17)15(18)11-6-8-13(9-7-11)19-12-4-2-1-3-5-12/h1-10,14H. The maximum absolute atomic E-state index is 11.7. The summed E-state index contributed by atoms with van der Waals surface area (Å²) in [5, 5.41) is 0. The Morgan fingerprint density at radius 2 is 1.58 bits per heavy atom. The number of halogens is 1. The summed E-state index contributed by atoms with van der Waals surface area (Å²) in [4.78, 5) is 21.5. The van der Waals surface area contributed by atoms with Crippen LogP contribution in [0.2, 0.25) is 0 Å². The van der Waals surface area contributed by atoms with E-state index >= 15 is 0 Å². The van der Waals surface area contributed by atoms with Crippen LogP contribution in [-0.4, -0.2) is 16.9 Å². The van der Waals surface area contributed by atoms with Crippen LogP contribution < -0.4 is 4.74 Å². The molecule has 0 spiro atoms. The average molecular weight is 319 g/mol. The van der Waals surface area contributed by atoms with Gasteiger partial charge in [0.2, 0.25) is 0 Å². The Morgan fingerprint density at radius 1 is 1.00 bits per heavy atom. The number of carbonyl (C=O) groups is 2. The summed E-state index contributed by atoms with van der Waals surface area (Å²) < 4.78 is 5.61. The number of Topliss-reactive ketones (excluding diaryl/α,β-unsaturated/α-hetero) is 1. The molecule has 1 atom stereocenters. The van der Waals surface area contributed by atoms with Gasteiger partial charge in [-0.3, -0.25) is 4.79 Å². The number of aldehydes is 1. The van der Waals surface area contributed by atoms with E-state index in [9.17, 15) is 9.59 Å². The van der Waals surface area contributed by atoms with E-state index in [0.717, 1.165) is 5.75 Å². The second-order valence-electron chi connectivity index (χ2n) is 3.84. The summed E-state index contributed by atoms with van der Waals surface area (Å²) in [5.74, 6) is 1.11. The largest absolute Gasteiger partial charge is 0.457 e. The van der Waals surface area contributed by atoms with E-state index in [1.165, 1.54) is 0 Å². The number of rotatable bonds is 5. The van der Waals surface area contributed by atoms with Crippen LogP contribution >= 0.6 is 15.9 Å². The number of carbonyl (C=O) groups excluding carboxylic acids is 2. The maximum atomic E-state index is 11.7. The molecule has 0 radical (unpaired) electrons. The Morgan fingerprint density at radius 3 is 2.16 bits per heavy atom. The summed E-state index contributed by atoms with van der Waals surface area (Å²) in [5.41, 5.74) is 0.467. The fraction of sp³-hybridized carbons (Fsp3) is 0.0667. The molecule has 0 saturated carbocycles. The number of ether oxygens (including phenoxy) is 1. The molecule has 0 aliphatic heterocycles. The van der Waals surface area contributed by atoms with Crippen LogP contribution in [0.1, 0.15) is 10.4 Å². The molecule has 0 bridgehead atoms. The molecular formula is C15H11BrO3. The lowest BCUT2D eigenvalue weighted by molar-refractivity contribution is -0.106. The zero-order valence-corrected chi connectivity index (χ0v) is 11.5. The van der Waals surface area contributed by atoms with E-state index in [0.29, 0.717) is 17.6 Å². The Bertz CT molecular complexity index is 564. The summed E-state index contributed by atoms with van der Waals surface area (Å²) >= 11 is 3.00. The first-order valence-electron chi connectivity index (χ1n) is 5.67. The molecule has 0 saturated heterocycles. The SMILES string of the molecule is O=CC(Br)C(=O)c1ccc(Oc2ccccc2)cc1. The smallest absolute Gasteiger partial charge is 0.183 e. The molecule has 0 aliphatic rings. The molecule has 0 fully saturated rings. The molecule has 96 valence electrons. The molecular weight excluding hydrogens is 308 g/mol. The van der Waals surface area contributed by atoms with Crippen molar-refractivity contribution in [2.24, 2.45) is 0 Å². The zero-order valence-electron chi connectivity index (χ0n) is 9.95. The number of para-hydroxylation sites is 1. The lowest BCUT2D eigenvalue weighted by atomic mass is 10.1. The van der Waals surface area contributed by atoms with Crippen molar-refractivity contribution in [2.75, 3.05) is 0 Å². The molecule has 2 aromatic carbocycles. The second-order valence-corrected chi connectivity index (χ2v) is 4.83. The highest BCUT2D eigenvalue weighted by Crippen LogP contribution is 2.21. The highest BCUT2D eigenvalue weighted by Gasteiger charge is 2.15. The first-order valence-corrected chi connectivity index (χ1v) is 6.59. The number of benzene rings is 2. The Labute approximate surface area is 119 Å². The fourth-order valence-electron chi connectivity index (χ4n) is 1.53. The van der Waals surface area contributed by atoms with Gasteiger partial charge in [0.25, 0.3) is 0 Å². The van der Waals surface area contributed by atoms with Gasteiger partial charge in [-0.15, -0.1) is 0 Å². The third-order valence-corrected chi connectivity index (χ3v) is 3.12. The van der Waals surface area contributed by atoms with Crippen molar-refractivity contribution in [3.8, 4) is 11.5 Å². The molecule has 3 nitrogen and oxygen atoms in total. The van der Waals surface area contributed by atoms with Gasteiger partial charge in [0, 0.05) is 5.56 Å². The van der Waals surface area contributed by atoms with Gasteiger partial charge in [-0.05, 0) is 36.4 Å². The molecule has 19 heavy (non-hydrogen) atoms. The number of ketones is 1. The van der Waals surface area contributed by atoms with Gasteiger partial charge < -0.3 is 9.53 Å². The van der Waals surface area contributed by atoms with E-state index in [-0.39, 0.29) is 5.78 Å². The molecule has 1 unspecified atom stereocenters. The van der Waals surface area contributed by atoms with Gasteiger partial charge in [0.05, 0.1) is 0 Å². The lowest BCUT2D eigenvalue weighted by Gasteiger charge is -2.06. The zero-order chi connectivity index (χ0) is 13.7. The van der Waals surface area contributed by atoms with Crippen molar-refractivity contribution in [2.45, 2.75) is 4.83 Å². The average Bonchev–Trinajstić information content (AvgIpc) is 2.47. The molecule has 4 heteroatoms. The second kappa shape index (κ2) is 6.29. The molecule has 2 aromatic rings. The fourth-order valence-corrected chi connectivity index (χ4v) is 1.80. The van der Waals surface area contributed by atoms with Crippen LogP contribution in [0.4, 0.5) is 0 Å². The van der Waals surface area contributed by atoms with Crippen LogP contribution in [0.5, 0.6) is 11.5 Å². The quantitative estimate of drug-likeness (QED) is 0.366. The minimum Gasteiger partial charge on any atom is -0.457 e. The van der Waals surface area contributed by atoms with Gasteiger partial charge in [0.15, 0.2) is 5.78 Å². The maximum Gasteiger partial charge on any atom is 0.183 e.